The Morgan fingerprint density at radius 3 is 2.09 bits per heavy atom. The van der Waals surface area contributed by atoms with E-state index in [-0.39, 0.29) is 19.0 Å². The van der Waals surface area contributed by atoms with E-state index in [4.69, 9.17) is 24.5 Å². The van der Waals surface area contributed by atoms with Crippen LogP contribution in [-0.4, -0.2) is 81.4 Å². The highest BCUT2D eigenvalue weighted by Crippen LogP contribution is 2.44. The summed E-state index contributed by atoms with van der Waals surface area (Å²) < 4.78 is 37.3. The molecule has 0 bridgehead atoms. The lowest BCUT2D eigenvalue weighted by molar-refractivity contribution is -0.145. The first-order valence-corrected chi connectivity index (χ1v) is 17.1. The van der Waals surface area contributed by atoms with E-state index in [1.807, 2.05) is 0 Å². The second-order valence-corrected chi connectivity index (χ2v) is 13.0. The topological polar surface area (TPSA) is 214 Å². The molecular weight excluding hydrogens is 609 g/mol. The number of carbonyl (C=O) groups is 2. The van der Waals surface area contributed by atoms with E-state index in [9.17, 15) is 29.2 Å². The van der Waals surface area contributed by atoms with Crippen molar-refractivity contribution in [2.75, 3.05) is 25.6 Å². The van der Waals surface area contributed by atoms with Crippen LogP contribution in [0.5, 0.6) is 0 Å². The van der Waals surface area contributed by atoms with E-state index >= 15 is 0 Å². The van der Waals surface area contributed by atoms with Crippen molar-refractivity contribution in [1.29, 1.82) is 0 Å². The van der Waals surface area contributed by atoms with Crippen molar-refractivity contribution in [3.63, 3.8) is 0 Å². The third-order valence-corrected chi connectivity index (χ3v) is 9.27. The van der Waals surface area contributed by atoms with Crippen molar-refractivity contribution in [3.8, 4) is 0 Å². The Kier molecular flexibility index (Phi) is 15.8. The molecule has 0 aliphatic carbocycles. The Morgan fingerprint density at radius 2 is 1.62 bits per heavy atom. The van der Waals surface area contributed by atoms with Gasteiger partial charge in [0.25, 0.3) is 0 Å². The first-order chi connectivity index (χ1) is 21.3. The molecule has 0 unspecified atom stereocenters. The van der Waals surface area contributed by atoms with E-state index in [1.165, 1.54) is 26.1 Å². The number of aromatic nitrogens is 2. The Hall–Kier alpha value is -2.65. The average Bonchev–Trinajstić information content (AvgIpc) is 3.25. The highest BCUT2D eigenvalue weighted by atomic mass is 31.2. The molecule has 45 heavy (non-hydrogen) atoms. The monoisotopic (exact) mass is 659 g/mol. The summed E-state index contributed by atoms with van der Waals surface area (Å²) in [6, 6.07) is -0.970. The largest absolute Gasteiger partial charge is 0.465 e. The third kappa shape index (κ3) is 11.3. The van der Waals surface area contributed by atoms with Crippen molar-refractivity contribution in [1.82, 2.24) is 19.7 Å². The van der Waals surface area contributed by atoms with Gasteiger partial charge in [-0.3, -0.25) is 18.7 Å². The van der Waals surface area contributed by atoms with Gasteiger partial charge in [-0.1, -0.05) is 58.4 Å². The molecule has 1 aliphatic heterocycles. The molecule has 0 spiro atoms. The number of esters is 2. The van der Waals surface area contributed by atoms with E-state index in [1.54, 1.807) is 0 Å². The van der Waals surface area contributed by atoms with Gasteiger partial charge in [-0.25, -0.2) is 15.0 Å². The zero-order chi connectivity index (χ0) is 33.6. The van der Waals surface area contributed by atoms with E-state index in [0.717, 1.165) is 49.2 Å². The fourth-order valence-electron chi connectivity index (χ4n) is 4.57. The van der Waals surface area contributed by atoms with Crippen LogP contribution >= 0.6 is 7.67 Å². The molecule has 2 heterocycles. The number of hydrogen-bond acceptors (Lipinski definition) is 12. The van der Waals surface area contributed by atoms with Gasteiger partial charge < -0.3 is 34.7 Å². The minimum Gasteiger partial charge on any atom is -0.465 e. The van der Waals surface area contributed by atoms with Crippen LogP contribution in [0.3, 0.4) is 0 Å². The number of nitrogens with two attached hydrogens (primary N) is 1. The molecule has 0 aromatic carbocycles. The summed E-state index contributed by atoms with van der Waals surface area (Å²) in [6.07, 6.45) is 4.78. The SMILES string of the molecule is C=C[C@]1(COP(=O)(N[C@@H](C)C(=O)OCCCCCC)N[C@@H](C)C(=O)OCCCCCC)O[C@@H](n2ccc(N)nc2=O)[C@H](O)[C@@H]1O. The summed E-state index contributed by atoms with van der Waals surface area (Å²) in [5, 5.41) is 26.9. The quantitative estimate of drug-likeness (QED) is 0.0555. The van der Waals surface area contributed by atoms with Crippen molar-refractivity contribution in [3.05, 3.63) is 35.4 Å². The molecule has 1 saturated heterocycles. The molecule has 16 heteroatoms. The van der Waals surface area contributed by atoms with Gasteiger partial charge in [0.1, 0.15) is 35.7 Å². The van der Waals surface area contributed by atoms with Gasteiger partial charge in [0.05, 0.1) is 19.8 Å². The van der Waals surface area contributed by atoms with Crippen LogP contribution in [0.2, 0.25) is 0 Å². The third-order valence-electron chi connectivity index (χ3n) is 7.32. The average molecular weight is 660 g/mol. The van der Waals surface area contributed by atoms with Crippen LogP contribution in [-0.2, 0) is 32.9 Å². The molecule has 6 atom stereocenters. The van der Waals surface area contributed by atoms with Crippen LogP contribution in [0.25, 0.3) is 0 Å². The number of nitrogen functional groups attached to an aromatic ring is 1. The maximum atomic E-state index is 14.1. The summed E-state index contributed by atoms with van der Waals surface area (Å²) in [7, 11) is -4.32. The lowest BCUT2D eigenvalue weighted by Crippen LogP contribution is -2.47. The number of carbonyl (C=O) groups excluding carboxylic acids is 2. The fourth-order valence-corrected chi connectivity index (χ4v) is 6.41. The number of unbranched alkanes of at least 4 members (excludes halogenated alkanes) is 6. The Balaban J connectivity index is 2.22. The number of anilines is 1. The number of aliphatic hydroxyl groups is 2. The summed E-state index contributed by atoms with van der Waals surface area (Å²) >= 11 is 0. The van der Waals surface area contributed by atoms with Crippen molar-refractivity contribution in [2.24, 2.45) is 0 Å². The number of rotatable bonds is 21. The van der Waals surface area contributed by atoms with Crippen molar-refractivity contribution in [2.45, 2.75) is 115 Å². The predicted octanol–water partition coefficient (Wildman–Crippen LogP) is 2.33. The number of hydrogen-bond donors (Lipinski definition) is 5. The van der Waals surface area contributed by atoms with Crippen molar-refractivity contribution < 1.29 is 43.1 Å². The van der Waals surface area contributed by atoms with Gasteiger partial charge in [0, 0.05) is 6.20 Å². The molecule has 256 valence electrons. The minimum absolute atomic E-state index is 0.0529. The Labute approximate surface area is 264 Å². The van der Waals surface area contributed by atoms with Gasteiger partial charge in [-0.05, 0) is 32.8 Å². The van der Waals surface area contributed by atoms with Gasteiger partial charge >= 0.3 is 25.3 Å². The lowest BCUT2D eigenvalue weighted by atomic mass is 9.96. The molecule has 1 aromatic heterocycles. The summed E-state index contributed by atoms with van der Waals surface area (Å²) in [4.78, 5) is 41.4. The molecule has 0 radical (unpaired) electrons. The summed E-state index contributed by atoms with van der Waals surface area (Å²) in [5.41, 5.74) is 2.83. The van der Waals surface area contributed by atoms with E-state index < -0.39 is 68.0 Å². The maximum Gasteiger partial charge on any atom is 0.351 e. The number of nitrogens with one attached hydrogen (secondary N) is 2. The molecule has 1 aromatic rings. The molecule has 1 aliphatic rings. The second kappa shape index (κ2) is 18.5. The maximum absolute atomic E-state index is 14.1. The lowest BCUT2D eigenvalue weighted by Gasteiger charge is -2.32. The molecule has 0 amide bonds. The fraction of sp³-hybridized carbons (Fsp3) is 0.724. The van der Waals surface area contributed by atoms with Gasteiger partial charge in [0.2, 0.25) is 0 Å². The highest BCUT2D eigenvalue weighted by Gasteiger charge is 2.54. The van der Waals surface area contributed by atoms with Crippen LogP contribution < -0.4 is 21.6 Å². The van der Waals surface area contributed by atoms with Crippen LogP contribution in [0.1, 0.15) is 85.3 Å². The van der Waals surface area contributed by atoms with Gasteiger partial charge in [-0.2, -0.15) is 4.98 Å². The van der Waals surface area contributed by atoms with E-state index in [2.05, 4.69) is 35.6 Å². The molecule has 2 rings (SSSR count). The highest BCUT2D eigenvalue weighted by molar-refractivity contribution is 7.54. The molecule has 15 nitrogen and oxygen atoms in total. The molecule has 0 saturated carbocycles. The van der Waals surface area contributed by atoms with Crippen molar-refractivity contribution >= 4 is 25.4 Å². The first kappa shape index (κ1) is 38.5. The number of nitrogens with zero attached hydrogens (tertiary/aromatic N) is 2. The Bertz CT molecular complexity index is 1180. The number of ether oxygens (including phenoxy) is 3. The first-order valence-electron chi connectivity index (χ1n) is 15.5. The Morgan fingerprint density at radius 1 is 1.09 bits per heavy atom. The molecule has 6 N–H and O–H groups in total. The molecule has 1 fully saturated rings. The zero-order valence-electron chi connectivity index (χ0n) is 26.7. The molecular formula is C29H50N5O10P. The zero-order valence-corrected chi connectivity index (χ0v) is 27.6. The minimum atomic E-state index is -4.32. The summed E-state index contributed by atoms with van der Waals surface area (Å²) in [5.74, 6) is -1.43. The van der Waals surface area contributed by atoms with Crippen LogP contribution in [0.15, 0.2) is 29.7 Å². The summed E-state index contributed by atoms with van der Waals surface area (Å²) in [6.45, 7) is 10.3. The van der Waals surface area contributed by atoms with Crippen LogP contribution in [0.4, 0.5) is 5.82 Å². The second-order valence-electron chi connectivity index (χ2n) is 11.1. The van der Waals surface area contributed by atoms with Gasteiger partial charge in [-0.15, -0.1) is 6.58 Å². The van der Waals surface area contributed by atoms with Crippen LogP contribution in [0, 0.1) is 0 Å². The van der Waals surface area contributed by atoms with E-state index in [0.29, 0.717) is 12.8 Å². The smallest absolute Gasteiger partial charge is 0.351 e. The normalized spacial score (nSPS) is 22.9. The van der Waals surface area contributed by atoms with Gasteiger partial charge in [0.15, 0.2) is 6.23 Å². The number of aliphatic hydroxyl groups excluding tert-OH is 2. The standard InChI is InChI=1S/C29H50N5O10P/c1-6-9-11-13-17-41-26(37)20(4)32-45(40,33-21(5)27(38)42-18-14-12-10-7-2)43-19-29(8-3)24(36)23(35)25(44-29)34-16-15-22(30)31-28(34)39/h8,15-16,20-21,23-25,35-36H,3,6-7,9-14,17-19H2,1-2,4-5H3,(H2,30,31,39)(H2,32,33,40)/t20-,21-,23+,24-,25+,29+/m0/s1. The predicted molar refractivity (Wildman–Crippen MR) is 167 cm³/mol.